The summed E-state index contributed by atoms with van der Waals surface area (Å²) in [6.45, 7) is 0. The van der Waals surface area contributed by atoms with Gasteiger partial charge in [0.25, 0.3) is 0 Å². The lowest BCUT2D eigenvalue weighted by molar-refractivity contribution is -0.291. The van der Waals surface area contributed by atoms with Crippen LogP contribution in [0.15, 0.2) is 0 Å². The molecular weight excluding hydrogens is 181 g/mol. The third-order valence-corrected chi connectivity index (χ3v) is 1.93. The minimum absolute atomic E-state index is 0.368. The summed E-state index contributed by atoms with van der Waals surface area (Å²) in [5, 5.41) is 0. The monoisotopic (exact) mass is 189 g/mol. The van der Waals surface area contributed by atoms with Gasteiger partial charge in [-0.25, -0.2) is 0 Å². The summed E-state index contributed by atoms with van der Waals surface area (Å²) in [6, 6.07) is -2.07. The zero-order valence-corrected chi connectivity index (χ0v) is 6.04. The lowest BCUT2D eigenvalue weighted by Crippen LogP contribution is -2.52. The highest BCUT2D eigenvalue weighted by molar-refractivity contribution is 4.96. The number of hydrogen-bond donors (Lipinski definition) is 1. The second kappa shape index (κ2) is 2.55. The fourth-order valence-electron chi connectivity index (χ4n) is 0.940. The van der Waals surface area contributed by atoms with Gasteiger partial charge in [-0.15, -0.1) is 0 Å². The number of alkyl halides is 5. The molecule has 0 aliphatic heterocycles. The minimum Gasteiger partial charge on any atom is -0.322 e. The number of nitrogens with two attached hydrogens (primary N) is 1. The van der Waals surface area contributed by atoms with Gasteiger partial charge >= 0.3 is 12.1 Å². The maximum Gasteiger partial charge on any atom is 0.454 e. The van der Waals surface area contributed by atoms with Gasteiger partial charge in [-0.3, -0.25) is 0 Å². The average Bonchev–Trinajstić information content (AvgIpc) is 2.64. The van der Waals surface area contributed by atoms with Gasteiger partial charge in [0.05, 0.1) is 6.04 Å². The minimum atomic E-state index is -5.52. The van der Waals surface area contributed by atoms with Crippen molar-refractivity contribution in [2.75, 3.05) is 0 Å². The van der Waals surface area contributed by atoms with E-state index in [2.05, 4.69) is 0 Å². The van der Waals surface area contributed by atoms with Gasteiger partial charge in [0.15, 0.2) is 0 Å². The predicted molar refractivity (Wildman–Crippen MR) is 31.7 cm³/mol. The van der Waals surface area contributed by atoms with Crippen molar-refractivity contribution >= 4 is 0 Å². The van der Waals surface area contributed by atoms with E-state index in [1.807, 2.05) is 0 Å². The Balaban J connectivity index is 2.68. The van der Waals surface area contributed by atoms with Crippen LogP contribution >= 0.6 is 0 Å². The molecule has 0 aromatic carbocycles. The highest BCUT2D eigenvalue weighted by Gasteiger charge is 2.63. The van der Waals surface area contributed by atoms with Crippen molar-refractivity contribution in [1.82, 2.24) is 0 Å². The van der Waals surface area contributed by atoms with Gasteiger partial charge in [-0.2, -0.15) is 22.0 Å². The van der Waals surface area contributed by atoms with Gasteiger partial charge in [-0.05, 0) is 18.8 Å². The average molecular weight is 189 g/mol. The summed E-state index contributed by atoms with van der Waals surface area (Å²) in [7, 11) is 0. The van der Waals surface area contributed by atoms with E-state index >= 15 is 0 Å². The molecule has 1 aliphatic carbocycles. The molecule has 1 rings (SSSR count). The van der Waals surface area contributed by atoms with Crippen LogP contribution in [-0.4, -0.2) is 18.1 Å². The predicted octanol–water partition coefficient (Wildman–Crippen LogP) is 1.92. The molecule has 0 spiro atoms. The quantitative estimate of drug-likeness (QED) is 0.660. The normalized spacial score (nSPS) is 22.5. The van der Waals surface area contributed by atoms with E-state index in [4.69, 9.17) is 5.73 Å². The lowest BCUT2D eigenvalue weighted by atomic mass is 10.1. The first kappa shape index (κ1) is 9.70. The Labute approximate surface area is 65.7 Å². The Kier molecular flexibility index (Phi) is 2.06. The van der Waals surface area contributed by atoms with Crippen LogP contribution in [0.25, 0.3) is 0 Å². The van der Waals surface area contributed by atoms with Crippen molar-refractivity contribution in [2.45, 2.75) is 31.0 Å². The molecule has 1 nitrogen and oxygen atoms in total. The first-order chi connectivity index (χ1) is 5.27. The molecule has 1 aliphatic rings. The largest absolute Gasteiger partial charge is 0.454 e. The van der Waals surface area contributed by atoms with Crippen LogP contribution in [0.4, 0.5) is 22.0 Å². The number of rotatable bonds is 2. The van der Waals surface area contributed by atoms with Crippen molar-refractivity contribution in [2.24, 2.45) is 11.7 Å². The standard InChI is InChI=1S/C6H8F5N/c7-5(8,6(9,10)11)4(12)3-1-2-3/h3-4H,1-2,12H2. The van der Waals surface area contributed by atoms with Gasteiger partial charge in [0, 0.05) is 0 Å². The zero-order chi connectivity index (χ0) is 9.57. The highest BCUT2D eigenvalue weighted by atomic mass is 19.4. The highest BCUT2D eigenvalue weighted by Crippen LogP contribution is 2.45. The third-order valence-electron chi connectivity index (χ3n) is 1.93. The van der Waals surface area contributed by atoms with Crippen molar-refractivity contribution in [1.29, 1.82) is 0 Å². The number of hydrogen-bond acceptors (Lipinski definition) is 1. The van der Waals surface area contributed by atoms with E-state index in [0.717, 1.165) is 0 Å². The maximum absolute atomic E-state index is 12.4. The molecule has 0 saturated heterocycles. The summed E-state index contributed by atoms with van der Waals surface area (Å²) < 4.78 is 59.7. The fraction of sp³-hybridized carbons (Fsp3) is 1.00. The number of halogens is 5. The molecular formula is C6H8F5N. The molecule has 0 amide bonds. The van der Waals surface area contributed by atoms with Crippen LogP contribution in [0, 0.1) is 5.92 Å². The fourth-order valence-corrected chi connectivity index (χ4v) is 0.940. The van der Waals surface area contributed by atoms with Crippen molar-refractivity contribution in [3.05, 3.63) is 0 Å². The molecule has 6 heteroatoms. The molecule has 0 radical (unpaired) electrons. The third kappa shape index (κ3) is 1.53. The smallest absolute Gasteiger partial charge is 0.322 e. The molecule has 12 heavy (non-hydrogen) atoms. The zero-order valence-electron chi connectivity index (χ0n) is 6.04. The van der Waals surface area contributed by atoms with Crippen molar-refractivity contribution in [3.63, 3.8) is 0 Å². The second-order valence-electron chi connectivity index (χ2n) is 2.98. The van der Waals surface area contributed by atoms with Crippen LogP contribution in [-0.2, 0) is 0 Å². The molecule has 1 fully saturated rings. The van der Waals surface area contributed by atoms with Crippen LogP contribution < -0.4 is 5.73 Å². The SMILES string of the molecule is NC(C1CC1)C(F)(F)C(F)(F)F. The van der Waals surface area contributed by atoms with Crippen LogP contribution in [0.5, 0.6) is 0 Å². The molecule has 1 saturated carbocycles. The van der Waals surface area contributed by atoms with E-state index in [1.54, 1.807) is 0 Å². The topological polar surface area (TPSA) is 26.0 Å². The van der Waals surface area contributed by atoms with Crippen molar-refractivity contribution < 1.29 is 22.0 Å². The summed E-state index contributed by atoms with van der Waals surface area (Å²) >= 11 is 0. The first-order valence-corrected chi connectivity index (χ1v) is 3.47. The van der Waals surface area contributed by atoms with Crippen LogP contribution in [0.2, 0.25) is 0 Å². The summed E-state index contributed by atoms with van der Waals surface area (Å²) in [4.78, 5) is 0. The Hall–Kier alpha value is -0.390. The molecule has 2 N–H and O–H groups in total. The van der Waals surface area contributed by atoms with E-state index in [0.29, 0.717) is 12.8 Å². The molecule has 1 atom stereocenters. The van der Waals surface area contributed by atoms with Crippen LogP contribution in [0.1, 0.15) is 12.8 Å². The maximum atomic E-state index is 12.4. The van der Waals surface area contributed by atoms with Crippen molar-refractivity contribution in [3.8, 4) is 0 Å². The van der Waals surface area contributed by atoms with Gasteiger partial charge in [0.2, 0.25) is 0 Å². The summed E-state index contributed by atoms with van der Waals surface area (Å²) in [5.41, 5.74) is 4.77. The Morgan fingerprint density at radius 3 is 1.75 bits per heavy atom. The second-order valence-corrected chi connectivity index (χ2v) is 2.98. The molecule has 1 unspecified atom stereocenters. The summed E-state index contributed by atoms with van der Waals surface area (Å²) in [6.07, 6.45) is -4.78. The molecule has 0 bridgehead atoms. The Morgan fingerprint density at radius 2 is 1.50 bits per heavy atom. The van der Waals surface area contributed by atoms with Gasteiger partial charge in [0.1, 0.15) is 0 Å². The van der Waals surface area contributed by atoms with Gasteiger partial charge < -0.3 is 5.73 Å². The van der Waals surface area contributed by atoms with E-state index in [9.17, 15) is 22.0 Å². The van der Waals surface area contributed by atoms with E-state index < -0.39 is 24.1 Å². The molecule has 0 heterocycles. The van der Waals surface area contributed by atoms with Crippen LogP contribution in [0.3, 0.4) is 0 Å². The van der Waals surface area contributed by atoms with E-state index in [-0.39, 0.29) is 0 Å². The lowest BCUT2D eigenvalue weighted by Gasteiger charge is -2.25. The van der Waals surface area contributed by atoms with Gasteiger partial charge in [-0.1, -0.05) is 0 Å². The molecule has 0 aromatic heterocycles. The summed E-state index contributed by atoms with van der Waals surface area (Å²) in [5.74, 6) is -5.41. The molecule has 72 valence electrons. The first-order valence-electron chi connectivity index (χ1n) is 3.47. The Morgan fingerprint density at radius 1 is 1.08 bits per heavy atom. The van der Waals surface area contributed by atoms with E-state index in [1.165, 1.54) is 0 Å². The Bertz CT molecular complexity index is 171. The molecule has 0 aromatic rings.